The standard InChI is InChI=1S/C20H19Cl2N3O2S/c1-11-7-8-14(12(2)9-11)23-17(26)10-16-19(27)25(3)20(28-16)24-15-6-4-5-13(21)18(15)22/h4-9,16H,10H2,1-3H3,(H,23,26)/t16-/m1/s1. The van der Waals surface area contributed by atoms with Crippen LogP contribution in [0, 0.1) is 13.8 Å². The Balaban J connectivity index is 1.72. The minimum atomic E-state index is -0.535. The number of hydrogen-bond acceptors (Lipinski definition) is 4. The van der Waals surface area contributed by atoms with Crippen LogP contribution in [-0.2, 0) is 9.59 Å². The number of hydrogen-bond donors (Lipinski definition) is 1. The molecule has 0 aromatic heterocycles. The highest BCUT2D eigenvalue weighted by molar-refractivity contribution is 8.15. The molecule has 5 nitrogen and oxygen atoms in total. The number of carbonyl (C=O) groups excluding carboxylic acids is 2. The van der Waals surface area contributed by atoms with Crippen LogP contribution in [0.3, 0.4) is 0 Å². The second-order valence-electron chi connectivity index (χ2n) is 6.54. The summed E-state index contributed by atoms with van der Waals surface area (Å²) < 4.78 is 0. The highest BCUT2D eigenvalue weighted by atomic mass is 35.5. The van der Waals surface area contributed by atoms with Crippen LogP contribution >= 0.6 is 35.0 Å². The van der Waals surface area contributed by atoms with Crippen molar-refractivity contribution >= 4 is 63.3 Å². The number of aliphatic imine (C=N–C) groups is 1. The Bertz CT molecular complexity index is 978. The van der Waals surface area contributed by atoms with Gasteiger partial charge in [0.1, 0.15) is 5.25 Å². The van der Waals surface area contributed by atoms with E-state index in [-0.39, 0.29) is 18.2 Å². The van der Waals surface area contributed by atoms with E-state index in [1.165, 1.54) is 16.7 Å². The summed E-state index contributed by atoms with van der Waals surface area (Å²) in [5, 5.41) is 3.55. The van der Waals surface area contributed by atoms with Crippen molar-refractivity contribution in [1.29, 1.82) is 0 Å². The van der Waals surface area contributed by atoms with Gasteiger partial charge in [0, 0.05) is 19.2 Å². The summed E-state index contributed by atoms with van der Waals surface area (Å²) in [7, 11) is 1.63. The van der Waals surface area contributed by atoms with Crippen LogP contribution in [0.2, 0.25) is 10.0 Å². The molecule has 146 valence electrons. The first-order valence-electron chi connectivity index (χ1n) is 8.60. The van der Waals surface area contributed by atoms with Crippen LogP contribution in [0.15, 0.2) is 41.4 Å². The number of rotatable bonds is 4. The fraction of sp³-hybridized carbons (Fsp3) is 0.250. The number of amidine groups is 1. The Labute approximate surface area is 178 Å². The van der Waals surface area contributed by atoms with Crippen LogP contribution < -0.4 is 5.32 Å². The number of nitrogens with one attached hydrogen (secondary N) is 1. The normalized spacial score (nSPS) is 18.0. The average molecular weight is 436 g/mol. The Morgan fingerprint density at radius 3 is 2.71 bits per heavy atom. The summed E-state index contributed by atoms with van der Waals surface area (Å²) in [6.07, 6.45) is 0.0590. The molecule has 0 saturated carbocycles. The lowest BCUT2D eigenvalue weighted by Gasteiger charge is -2.11. The molecule has 1 aliphatic rings. The van der Waals surface area contributed by atoms with Gasteiger partial charge in [-0.1, -0.05) is 58.7 Å². The van der Waals surface area contributed by atoms with E-state index in [9.17, 15) is 9.59 Å². The van der Waals surface area contributed by atoms with Crippen LogP contribution in [0.25, 0.3) is 0 Å². The second-order valence-corrected chi connectivity index (χ2v) is 8.50. The Morgan fingerprint density at radius 1 is 1.25 bits per heavy atom. The van der Waals surface area contributed by atoms with E-state index >= 15 is 0 Å². The minimum absolute atomic E-state index is 0.0590. The van der Waals surface area contributed by atoms with Crippen molar-refractivity contribution in [2.24, 2.45) is 4.99 Å². The first-order valence-corrected chi connectivity index (χ1v) is 10.2. The first kappa shape index (κ1) is 20.7. The minimum Gasteiger partial charge on any atom is -0.326 e. The lowest BCUT2D eigenvalue weighted by atomic mass is 10.1. The molecule has 0 spiro atoms. The lowest BCUT2D eigenvalue weighted by Crippen LogP contribution is -2.30. The van der Waals surface area contributed by atoms with Gasteiger partial charge in [-0.15, -0.1) is 0 Å². The summed E-state index contributed by atoms with van der Waals surface area (Å²) in [5.41, 5.74) is 3.34. The van der Waals surface area contributed by atoms with Crippen LogP contribution in [0.4, 0.5) is 11.4 Å². The zero-order chi connectivity index (χ0) is 20.4. The van der Waals surface area contributed by atoms with Crippen LogP contribution in [0.1, 0.15) is 17.5 Å². The molecule has 0 aliphatic carbocycles. The number of thioether (sulfide) groups is 1. The molecule has 8 heteroatoms. The molecule has 1 N–H and O–H groups in total. The predicted molar refractivity (Wildman–Crippen MR) is 117 cm³/mol. The molecule has 2 aromatic carbocycles. The maximum Gasteiger partial charge on any atom is 0.242 e. The molecular formula is C20H19Cl2N3O2S. The molecule has 0 unspecified atom stereocenters. The van der Waals surface area contributed by atoms with Gasteiger partial charge in [-0.05, 0) is 37.6 Å². The highest BCUT2D eigenvalue weighted by Crippen LogP contribution is 2.36. The van der Waals surface area contributed by atoms with Crippen molar-refractivity contribution in [1.82, 2.24) is 4.90 Å². The first-order chi connectivity index (χ1) is 13.3. The summed E-state index contributed by atoms with van der Waals surface area (Å²) in [5.74, 6) is -0.383. The largest absolute Gasteiger partial charge is 0.326 e. The number of anilines is 1. The summed E-state index contributed by atoms with van der Waals surface area (Å²) in [4.78, 5) is 30.9. The average Bonchev–Trinajstić information content (AvgIpc) is 2.89. The van der Waals surface area contributed by atoms with Gasteiger partial charge in [0.25, 0.3) is 0 Å². The van der Waals surface area contributed by atoms with E-state index in [1.807, 2.05) is 32.0 Å². The van der Waals surface area contributed by atoms with Crippen LogP contribution in [0.5, 0.6) is 0 Å². The van der Waals surface area contributed by atoms with Gasteiger partial charge in [0.05, 0.1) is 15.7 Å². The smallest absolute Gasteiger partial charge is 0.242 e. The number of nitrogens with zero attached hydrogens (tertiary/aromatic N) is 2. The van der Waals surface area contributed by atoms with E-state index in [4.69, 9.17) is 23.2 Å². The molecule has 0 radical (unpaired) electrons. The molecule has 2 amide bonds. The van der Waals surface area contributed by atoms with Crippen molar-refractivity contribution in [3.05, 3.63) is 57.6 Å². The highest BCUT2D eigenvalue weighted by Gasteiger charge is 2.37. The third kappa shape index (κ3) is 4.51. The van der Waals surface area contributed by atoms with E-state index in [1.54, 1.807) is 25.2 Å². The second kappa shape index (κ2) is 8.55. The van der Waals surface area contributed by atoms with E-state index in [2.05, 4.69) is 10.3 Å². The fourth-order valence-electron chi connectivity index (χ4n) is 2.80. The monoisotopic (exact) mass is 435 g/mol. The molecule has 1 aliphatic heterocycles. The Kier molecular flexibility index (Phi) is 6.33. The molecule has 28 heavy (non-hydrogen) atoms. The van der Waals surface area contributed by atoms with E-state index < -0.39 is 5.25 Å². The van der Waals surface area contributed by atoms with Gasteiger partial charge in [0.15, 0.2) is 5.17 Å². The number of carbonyl (C=O) groups is 2. The van der Waals surface area contributed by atoms with E-state index in [0.717, 1.165) is 16.8 Å². The fourth-order valence-corrected chi connectivity index (χ4v) is 4.29. The SMILES string of the molecule is Cc1ccc(NC(=O)C[C@H]2SC(=Nc3cccc(Cl)c3Cl)N(C)C2=O)c(C)c1. The van der Waals surface area contributed by atoms with Crippen molar-refractivity contribution in [3.8, 4) is 0 Å². The predicted octanol–water partition coefficient (Wildman–Crippen LogP) is 5.20. The third-order valence-electron chi connectivity index (χ3n) is 4.31. The summed E-state index contributed by atoms with van der Waals surface area (Å²) in [6, 6.07) is 10.9. The van der Waals surface area contributed by atoms with Crippen molar-refractivity contribution in [2.45, 2.75) is 25.5 Å². The quantitative estimate of drug-likeness (QED) is 0.717. The summed E-state index contributed by atoms with van der Waals surface area (Å²) >= 11 is 13.4. The van der Waals surface area contributed by atoms with Gasteiger partial charge in [0.2, 0.25) is 11.8 Å². The molecule has 3 rings (SSSR count). The Morgan fingerprint density at radius 2 is 2.00 bits per heavy atom. The maximum atomic E-state index is 12.5. The molecular weight excluding hydrogens is 417 g/mol. The molecule has 1 fully saturated rings. The molecule has 1 atom stereocenters. The van der Waals surface area contributed by atoms with Gasteiger partial charge in [-0.2, -0.15) is 0 Å². The van der Waals surface area contributed by atoms with Crippen molar-refractivity contribution < 1.29 is 9.59 Å². The third-order valence-corrected chi connectivity index (χ3v) is 6.35. The number of benzene rings is 2. The van der Waals surface area contributed by atoms with Crippen molar-refractivity contribution in [3.63, 3.8) is 0 Å². The number of halogens is 2. The van der Waals surface area contributed by atoms with Gasteiger partial charge < -0.3 is 5.32 Å². The van der Waals surface area contributed by atoms with Gasteiger partial charge >= 0.3 is 0 Å². The lowest BCUT2D eigenvalue weighted by molar-refractivity contribution is -0.127. The van der Waals surface area contributed by atoms with Crippen molar-refractivity contribution in [2.75, 3.05) is 12.4 Å². The topological polar surface area (TPSA) is 61.8 Å². The van der Waals surface area contributed by atoms with Crippen LogP contribution in [-0.4, -0.2) is 34.2 Å². The van der Waals surface area contributed by atoms with Gasteiger partial charge in [-0.3, -0.25) is 14.5 Å². The number of aryl methyl sites for hydroxylation is 2. The number of amides is 2. The molecule has 1 saturated heterocycles. The zero-order valence-corrected chi connectivity index (χ0v) is 18.0. The van der Waals surface area contributed by atoms with E-state index in [0.29, 0.717) is 20.9 Å². The zero-order valence-electron chi connectivity index (χ0n) is 15.6. The van der Waals surface area contributed by atoms with Gasteiger partial charge in [-0.25, -0.2) is 4.99 Å². The Hall–Kier alpha value is -2.02. The maximum absolute atomic E-state index is 12.5. The molecule has 0 bridgehead atoms. The molecule has 2 aromatic rings. The molecule has 1 heterocycles. The summed E-state index contributed by atoms with van der Waals surface area (Å²) in [6.45, 7) is 3.93.